The summed E-state index contributed by atoms with van der Waals surface area (Å²) < 4.78 is 10.2. The standard InChI is InChI=1S/C8H15NO4/c1-5(9)12-8-3-6(11)2-7(4-10)13-8/h6-11H,2-4H2,1H3. The first-order valence-electron chi connectivity index (χ1n) is 4.28. The fourth-order valence-electron chi connectivity index (χ4n) is 1.34. The van der Waals surface area contributed by atoms with Crippen molar-refractivity contribution >= 4 is 5.90 Å². The van der Waals surface area contributed by atoms with E-state index in [-0.39, 0.29) is 18.6 Å². The predicted molar refractivity (Wildman–Crippen MR) is 45.5 cm³/mol. The van der Waals surface area contributed by atoms with E-state index in [0.29, 0.717) is 12.8 Å². The second-order valence-electron chi connectivity index (χ2n) is 3.17. The first kappa shape index (κ1) is 10.4. The van der Waals surface area contributed by atoms with Gasteiger partial charge < -0.3 is 19.7 Å². The lowest BCUT2D eigenvalue weighted by atomic mass is 10.1. The molecule has 5 nitrogen and oxygen atoms in total. The van der Waals surface area contributed by atoms with Gasteiger partial charge in [-0.2, -0.15) is 0 Å². The molecule has 1 aliphatic heterocycles. The van der Waals surface area contributed by atoms with Crippen LogP contribution in [0.1, 0.15) is 19.8 Å². The number of nitrogens with one attached hydrogen (secondary N) is 1. The van der Waals surface area contributed by atoms with Crippen molar-refractivity contribution in [2.75, 3.05) is 6.61 Å². The summed E-state index contributed by atoms with van der Waals surface area (Å²) in [4.78, 5) is 0. The predicted octanol–water partition coefficient (Wildman–Crippen LogP) is -0.142. The number of hydrogen-bond donors (Lipinski definition) is 3. The van der Waals surface area contributed by atoms with Gasteiger partial charge >= 0.3 is 0 Å². The Kier molecular flexibility index (Phi) is 3.65. The van der Waals surface area contributed by atoms with Gasteiger partial charge in [0.15, 0.2) is 5.90 Å². The Morgan fingerprint density at radius 2 is 2.31 bits per heavy atom. The molecular weight excluding hydrogens is 174 g/mol. The highest BCUT2D eigenvalue weighted by molar-refractivity contribution is 5.69. The summed E-state index contributed by atoms with van der Waals surface area (Å²) in [6, 6.07) is 0. The molecule has 0 aliphatic carbocycles. The number of aliphatic hydroxyl groups excluding tert-OH is 2. The quantitative estimate of drug-likeness (QED) is 0.417. The number of aliphatic hydroxyl groups is 2. The molecule has 0 radical (unpaired) electrons. The van der Waals surface area contributed by atoms with Gasteiger partial charge in [-0.05, 0) is 0 Å². The minimum absolute atomic E-state index is 0.0517. The lowest BCUT2D eigenvalue weighted by Crippen LogP contribution is -2.39. The summed E-state index contributed by atoms with van der Waals surface area (Å²) in [6.45, 7) is 1.37. The number of ether oxygens (including phenoxy) is 2. The second kappa shape index (κ2) is 4.55. The molecule has 0 aromatic heterocycles. The lowest BCUT2D eigenvalue weighted by Gasteiger charge is -2.31. The maximum atomic E-state index is 9.35. The summed E-state index contributed by atoms with van der Waals surface area (Å²) in [6.07, 6.45) is -0.720. The van der Waals surface area contributed by atoms with Crippen LogP contribution in [0.2, 0.25) is 0 Å². The van der Waals surface area contributed by atoms with Crippen LogP contribution in [0.3, 0.4) is 0 Å². The van der Waals surface area contributed by atoms with Crippen molar-refractivity contribution in [3.05, 3.63) is 0 Å². The number of hydrogen-bond acceptors (Lipinski definition) is 5. The topological polar surface area (TPSA) is 82.8 Å². The molecule has 0 amide bonds. The molecule has 76 valence electrons. The maximum absolute atomic E-state index is 9.35. The van der Waals surface area contributed by atoms with Gasteiger partial charge in [0.05, 0.1) is 18.8 Å². The second-order valence-corrected chi connectivity index (χ2v) is 3.17. The smallest absolute Gasteiger partial charge is 0.204 e. The summed E-state index contributed by atoms with van der Waals surface area (Å²) >= 11 is 0. The zero-order chi connectivity index (χ0) is 9.84. The van der Waals surface area contributed by atoms with E-state index in [1.807, 2.05) is 0 Å². The van der Waals surface area contributed by atoms with Crippen LogP contribution in [-0.4, -0.2) is 41.2 Å². The zero-order valence-corrected chi connectivity index (χ0v) is 7.56. The van der Waals surface area contributed by atoms with Gasteiger partial charge in [0, 0.05) is 19.8 Å². The van der Waals surface area contributed by atoms with Gasteiger partial charge in [-0.15, -0.1) is 0 Å². The SMILES string of the molecule is CC(=N)OC1CC(O)CC(CO)O1. The molecule has 5 heteroatoms. The largest absolute Gasteiger partial charge is 0.453 e. The van der Waals surface area contributed by atoms with Crippen molar-refractivity contribution in [1.82, 2.24) is 0 Å². The first-order chi connectivity index (χ1) is 6.11. The molecule has 1 saturated heterocycles. The first-order valence-corrected chi connectivity index (χ1v) is 4.28. The molecule has 1 rings (SSSR count). The van der Waals surface area contributed by atoms with Gasteiger partial charge in [-0.1, -0.05) is 0 Å². The van der Waals surface area contributed by atoms with Gasteiger partial charge in [-0.25, -0.2) is 0 Å². The molecule has 13 heavy (non-hydrogen) atoms. The molecule has 1 aliphatic rings. The Balaban J connectivity index is 2.42. The summed E-state index contributed by atoms with van der Waals surface area (Å²) in [5.41, 5.74) is 0. The van der Waals surface area contributed by atoms with E-state index < -0.39 is 12.4 Å². The highest BCUT2D eigenvalue weighted by Crippen LogP contribution is 2.20. The summed E-state index contributed by atoms with van der Waals surface area (Å²) in [5, 5.41) is 25.2. The molecule has 3 unspecified atom stereocenters. The fraction of sp³-hybridized carbons (Fsp3) is 0.875. The Morgan fingerprint density at radius 3 is 2.85 bits per heavy atom. The zero-order valence-electron chi connectivity index (χ0n) is 7.56. The van der Waals surface area contributed by atoms with Crippen molar-refractivity contribution in [3.8, 4) is 0 Å². The van der Waals surface area contributed by atoms with E-state index in [9.17, 15) is 5.11 Å². The van der Waals surface area contributed by atoms with E-state index in [1.165, 1.54) is 6.92 Å². The Hall–Kier alpha value is -0.650. The lowest BCUT2D eigenvalue weighted by molar-refractivity contribution is -0.190. The minimum atomic E-state index is -0.599. The highest BCUT2D eigenvalue weighted by atomic mass is 16.7. The van der Waals surface area contributed by atoms with Crippen LogP contribution >= 0.6 is 0 Å². The Bertz CT molecular complexity index is 185. The molecule has 1 fully saturated rings. The molecule has 0 aromatic rings. The third-order valence-corrected chi connectivity index (χ3v) is 1.86. The van der Waals surface area contributed by atoms with Gasteiger partial charge in [0.2, 0.25) is 6.29 Å². The molecule has 0 aromatic carbocycles. The molecule has 0 spiro atoms. The highest BCUT2D eigenvalue weighted by Gasteiger charge is 2.29. The monoisotopic (exact) mass is 189 g/mol. The van der Waals surface area contributed by atoms with E-state index in [0.717, 1.165) is 0 Å². The van der Waals surface area contributed by atoms with Gasteiger partial charge in [0.25, 0.3) is 0 Å². The molecule has 0 bridgehead atoms. The van der Waals surface area contributed by atoms with Crippen molar-refractivity contribution in [2.24, 2.45) is 0 Å². The Morgan fingerprint density at radius 1 is 1.62 bits per heavy atom. The fourth-order valence-corrected chi connectivity index (χ4v) is 1.34. The third-order valence-electron chi connectivity index (χ3n) is 1.86. The van der Waals surface area contributed by atoms with Crippen LogP contribution in [0, 0.1) is 5.41 Å². The molecular formula is C8H15NO4. The summed E-state index contributed by atoms with van der Waals surface area (Å²) in [5.74, 6) is 0.0517. The van der Waals surface area contributed by atoms with Crippen molar-refractivity contribution < 1.29 is 19.7 Å². The van der Waals surface area contributed by atoms with Gasteiger partial charge in [-0.3, -0.25) is 5.41 Å². The van der Waals surface area contributed by atoms with E-state index in [2.05, 4.69) is 0 Å². The molecule has 1 heterocycles. The average Bonchev–Trinajstić information content (AvgIpc) is 2.01. The van der Waals surface area contributed by atoms with Crippen molar-refractivity contribution in [3.63, 3.8) is 0 Å². The van der Waals surface area contributed by atoms with Crippen LogP contribution in [-0.2, 0) is 9.47 Å². The van der Waals surface area contributed by atoms with Crippen LogP contribution in [0.4, 0.5) is 0 Å². The Labute approximate surface area is 76.8 Å². The third kappa shape index (κ3) is 3.30. The molecule has 3 N–H and O–H groups in total. The minimum Gasteiger partial charge on any atom is -0.453 e. The number of rotatable bonds is 2. The van der Waals surface area contributed by atoms with Crippen LogP contribution in [0.5, 0.6) is 0 Å². The normalized spacial score (nSPS) is 34.2. The van der Waals surface area contributed by atoms with Crippen LogP contribution in [0.15, 0.2) is 0 Å². The maximum Gasteiger partial charge on any atom is 0.204 e. The van der Waals surface area contributed by atoms with Crippen LogP contribution in [0.25, 0.3) is 0 Å². The van der Waals surface area contributed by atoms with Gasteiger partial charge in [0.1, 0.15) is 0 Å². The average molecular weight is 189 g/mol. The van der Waals surface area contributed by atoms with E-state index in [4.69, 9.17) is 20.0 Å². The molecule has 0 saturated carbocycles. The molecule has 3 atom stereocenters. The van der Waals surface area contributed by atoms with Crippen LogP contribution < -0.4 is 0 Å². The van der Waals surface area contributed by atoms with E-state index >= 15 is 0 Å². The van der Waals surface area contributed by atoms with Crippen molar-refractivity contribution in [1.29, 1.82) is 5.41 Å². The van der Waals surface area contributed by atoms with Crippen molar-refractivity contribution in [2.45, 2.75) is 38.3 Å². The summed E-state index contributed by atoms with van der Waals surface area (Å²) in [7, 11) is 0. The van der Waals surface area contributed by atoms with E-state index in [1.54, 1.807) is 0 Å².